The summed E-state index contributed by atoms with van der Waals surface area (Å²) in [6, 6.07) is 27.9. The molecule has 0 aromatic heterocycles. The number of rotatable bonds is 27. The van der Waals surface area contributed by atoms with Crippen molar-refractivity contribution in [3.63, 3.8) is 0 Å². The molecule has 3 aliphatic heterocycles. The highest BCUT2D eigenvalue weighted by Crippen LogP contribution is 2.57. The zero-order valence-corrected chi connectivity index (χ0v) is 50.0. The number of alkyl carbamates (subject to hydrolysis) is 1. The number of aliphatic hydroxyl groups is 3. The lowest BCUT2D eigenvalue weighted by atomic mass is 9.77. The maximum atomic E-state index is 14.3. The van der Waals surface area contributed by atoms with Crippen LogP contribution in [0.3, 0.4) is 0 Å². The zero-order chi connectivity index (χ0) is 63.6. The van der Waals surface area contributed by atoms with Crippen molar-refractivity contribution < 1.29 is 96.3 Å². The van der Waals surface area contributed by atoms with Crippen LogP contribution in [0.5, 0.6) is 23.0 Å². The number of benzene rings is 5. The van der Waals surface area contributed by atoms with Crippen molar-refractivity contribution in [1.82, 2.24) is 21.3 Å². The van der Waals surface area contributed by atoms with E-state index in [0.29, 0.717) is 16.7 Å². The molecule has 470 valence electrons. The number of hydrogen-bond donors (Lipinski definition) is 7. The van der Waals surface area contributed by atoms with Crippen LogP contribution < -0.4 is 40.4 Å². The van der Waals surface area contributed by atoms with E-state index in [1.54, 1.807) is 39.0 Å². The second-order valence-electron chi connectivity index (χ2n) is 21.8. The molecule has 1 fully saturated rings. The molecule has 3 heterocycles. The summed E-state index contributed by atoms with van der Waals surface area (Å²) >= 11 is 0.978. The first-order valence-corrected chi connectivity index (χ1v) is 29.4. The molecule has 1 aliphatic carbocycles. The van der Waals surface area contributed by atoms with Crippen molar-refractivity contribution >= 4 is 65.1 Å². The van der Waals surface area contributed by atoms with Crippen molar-refractivity contribution in [2.24, 2.45) is 0 Å². The van der Waals surface area contributed by atoms with Crippen molar-refractivity contribution in [2.75, 3.05) is 63.4 Å². The van der Waals surface area contributed by atoms with Crippen LogP contribution in [0.2, 0.25) is 0 Å². The van der Waals surface area contributed by atoms with Gasteiger partial charge in [0, 0.05) is 79.4 Å². The van der Waals surface area contributed by atoms with E-state index in [4.69, 9.17) is 42.6 Å². The van der Waals surface area contributed by atoms with E-state index in [2.05, 4.69) is 21.3 Å². The van der Waals surface area contributed by atoms with E-state index in [9.17, 15) is 53.7 Å². The third kappa shape index (κ3) is 15.3. The Morgan fingerprint density at radius 2 is 1.34 bits per heavy atom. The van der Waals surface area contributed by atoms with Gasteiger partial charge in [-0.3, -0.25) is 34.1 Å². The van der Waals surface area contributed by atoms with Gasteiger partial charge in [-0.1, -0.05) is 54.6 Å². The molecule has 4 aliphatic rings. The van der Waals surface area contributed by atoms with Crippen LogP contribution in [0.25, 0.3) is 11.1 Å². The predicted molar refractivity (Wildman–Crippen MR) is 317 cm³/mol. The van der Waals surface area contributed by atoms with E-state index < -0.39 is 95.3 Å². The normalized spacial score (nSPS) is 16.6. The van der Waals surface area contributed by atoms with E-state index in [0.717, 1.165) is 51.4 Å². The number of fused-ring (bicyclic) bond motifs is 9. The summed E-state index contributed by atoms with van der Waals surface area (Å²) in [6.07, 6.45) is -4.18. The molecule has 1 saturated heterocycles. The van der Waals surface area contributed by atoms with Gasteiger partial charge in [0.2, 0.25) is 24.0 Å². The van der Waals surface area contributed by atoms with E-state index in [-0.39, 0.29) is 98.5 Å². The Labute approximate surface area is 515 Å². The van der Waals surface area contributed by atoms with Crippen molar-refractivity contribution in [3.05, 3.63) is 149 Å². The van der Waals surface area contributed by atoms with Gasteiger partial charge < -0.3 is 73.9 Å². The monoisotopic (exact) mass is 1250 g/mol. The van der Waals surface area contributed by atoms with Crippen molar-refractivity contribution in [2.45, 2.75) is 88.0 Å². The fourth-order valence-corrected chi connectivity index (χ4v) is 11.7. The first-order chi connectivity index (χ1) is 42.6. The number of anilines is 1. The van der Waals surface area contributed by atoms with Gasteiger partial charge >= 0.3 is 24.0 Å². The fraction of sp³-hybridized carbons (Fsp3) is 0.365. The summed E-state index contributed by atoms with van der Waals surface area (Å²) in [5.74, 6) is -4.16. The van der Waals surface area contributed by atoms with E-state index in [1.807, 2.05) is 48.5 Å². The number of nitrogens with zero attached hydrogens (tertiary/aromatic N) is 1. The van der Waals surface area contributed by atoms with E-state index in [1.165, 1.54) is 50.2 Å². The molecule has 89 heavy (non-hydrogen) atoms. The zero-order valence-electron chi connectivity index (χ0n) is 49.1. The molecule has 25 nitrogen and oxygen atoms in total. The Hall–Kier alpha value is -8.89. The van der Waals surface area contributed by atoms with Gasteiger partial charge in [-0.25, -0.2) is 14.5 Å². The Kier molecular flexibility index (Phi) is 20.7. The smallest absolute Gasteiger partial charge is 0.407 e. The standard InChI is InChI=1S/C63H67N5O20S/c1-35(69)85-38-15-18-47-50(29-38)87-51-30-39(86-36(2)70)16-19-48(51)63(47)46-17-14-37(28-44(46)59(77)88-63)68-54(72)31-52(58(68)76)89-34-49(66-61(79)84-32-45-42-12-8-6-10-40(42)41-11-7-9-13-43(41)45)56(74)65-21-23-81-25-24-80-22-20-64-53(71)33-82-26-27-83-60(78)55(73)57(75)67-62(3,4)5/h6-19,26-30,45,49,52,55,57,60,67,73,75,78H,20-25,31-34H2,1-5H3,(H,64,71)(H,65,74)(H,66,79)/b27-26-. The van der Waals surface area contributed by atoms with Gasteiger partial charge in [-0.2, -0.15) is 0 Å². The maximum Gasteiger partial charge on any atom is 0.407 e. The summed E-state index contributed by atoms with van der Waals surface area (Å²) in [6.45, 7) is 7.88. The highest BCUT2D eigenvalue weighted by atomic mass is 32.2. The van der Waals surface area contributed by atoms with Crippen LogP contribution in [0.1, 0.15) is 85.1 Å². The summed E-state index contributed by atoms with van der Waals surface area (Å²) in [7, 11) is 0. The molecule has 9 rings (SSSR count). The number of ether oxygens (including phenoxy) is 9. The highest BCUT2D eigenvalue weighted by Gasteiger charge is 2.54. The summed E-state index contributed by atoms with van der Waals surface area (Å²) in [5.41, 5.74) is 2.97. The van der Waals surface area contributed by atoms with Gasteiger partial charge in [0.05, 0.1) is 42.9 Å². The van der Waals surface area contributed by atoms with Gasteiger partial charge in [-0.05, 0) is 79.4 Å². The molecule has 7 N–H and O–H groups in total. The maximum absolute atomic E-state index is 14.3. The van der Waals surface area contributed by atoms with Crippen molar-refractivity contribution in [1.29, 1.82) is 0 Å². The van der Waals surface area contributed by atoms with Crippen LogP contribution in [0.15, 0.2) is 116 Å². The molecular weight excluding hydrogens is 1180 g/mol. The number of carbonyl (C=O) groups is 8. The molecule has 0 saturated carbocycles. The third-order valence-electron chi connectivity index (χ3n) is 14.3. The molecule has 5 unspecified atom stereocenters. The number of nitrogens with one attached hydrogen (secondary N) is 4. The Balaban J connectivity index is 0.794. The van der Waals surface area contributed by atoms with E-state index >= 15 is 0 Å². The number of thioether (sulfide) groups is 1. The lowest BCUT2D eigenvalue weighted by Crippen LogP contribution is -2.53. The minimum absolute atomic E-state index is 0.00329. The van der Waals surface area contributed by atoms with Crippen LogP contribution in [0.4, 0.5) is 10.5 Å². The summed E-state index contributed by atoms with van der Waals surface area (Å²) in [4.78, 5) is 107. The Morgan fingerprint density at radius 1 is 0.742 bits per heavy atom. The number of esters is 3. The molecule has 5 aromatic rings. The Morgan fingerprint density at radius 3 is 1.94 bits per heavy atom. The van der Waals surface area contributed by atoms with Crippen LogP contribution in [-0.4, -0.2) is 157 Å². The minimum Gasteiger partial charge on any atom is -0.488 e. The van der Waals surface area contributed by atoms with Gasteiger partial charge in [0.25, 0.3) is 5.91 Å². The van der Waals surface area contributed by atoms with Crippen LogP contribution in [-0.2, 0) is 62.8 Å². The summed E-state index contributed by atoms with van der Waals surface area (Å²) in [5, 5.41) is 39.6. The molecule has 0 bridgehead atoms. The highest BCUT2D eigenvalue weighted by molar-refractivity contribution is 8.00. The second kappa shape index (κ2) is 28.5. The molecule has 0 radical (unpaired) electrons. The van der Waals surface area contributed by atoms with Crippen LogP contribution in [0, 0.1) is 0 Å². The minimum atomic E-state index is -1.78. The van der Waals surface area contributed by atoms with Crippen molar-refractivity contribution in [3.8, 4) is 34.1 Å². The quantitative estimate of drug-likeness (QED) is 0.00948. The number of imide groups is 1. The molecular formula is C63H67N5O20S. The first kappa shape index (κ1) is 64.6. The average molecular weight is 1250 g/mol. The topological polar surface area (TPSA) is 332 Å². The van der Waals surface area contributed by atoms with Crippen LogP contribution >= 0.6 is 11.8 Å². The number of carbonyl (C=O) groups excluding carboxylic acids is 8. The first-order valence-electron chi connectivity index (χ1n) is 28.4. The third-order valence-corrected chi connectivity index (χ3v) is 15.6. The lowest BCUT2D eigenvalue weighted by Gasteiger charge is -2.36. The number of aliphatic hydroxyl groups excluding tert-OH is 3. The molecule has 5 amide bonds. The lowest BCUT2D eigenvalue weighted by molar-refractivity contribution is -0.171. The van der Waals surface area contributed by atoms with Gasteiger partial charge in [0.15, 0.2) is 18.3 Å². The Bertz CT molecular complexity index is 3420. The van der Waals surface area contributed by atoms with Gasteiger partial charge in [0.1, 0.15) is 54.4 Å². The fourth-order valence-electron chi connectivity index (χ4n) is 10.5. The average Bonchev–Trinajstić information content (AvgIpc) is 1.64. The SMILES string of the molecule is CC(=O)Oc1ccc2c(c1)Oc1cc(OC(C)=O)ccc1C21OC(=O)c2cc(N3C(=O)CC(SCC(NC(=O)OCC4c5ccccc5-c5ccccc54)C(=O)NCCOCCOCCNC(=O)CO/C=C\OC(O)C(O)C(O)NC(C)(C)C)C3=O)ccc21. The predicted octanol–water partition coefficient (Wildman–Crippen LogP) is 4.53. The second-order valence-corrected chi connectivity index (χ2v) is 23.1. The molecule has 5 aromatic carbocycles. The molecule has 5 atom stereocenters. The summed E-state index contributed by atoms with van der Waals surface area (Å²) < 4.78 is 50.1. The molecule has 26 heteroatoms. The molecule has 1 spiro atoms. The van der Waals surface area contributed by atoms with Gasteiger partial charge in [-0.15, -0.1) is 11.8 Å². The largest absolute Gasteiger partial charge is 0.488 e. The number of hydrogen-bond acceptors (Lipinski definition) is 22. The number of amides is 5.